The van der Waals surface area contributed by atoms with Crippen molar-refractivity contribution in [1.82, 2.24) is 24.7 Å². The average Bonchev–Trinajstić information content (AvgIpc) is 3.49. The number of aromatic nitrogens is 2. The number of nitrogens with one attached hydrogen (secondary N) is 1. The van der Waals surface area contributed by atoms with Gasteiger partial charge in [-0.15, -0.1) is 0 Å². The topological polar surface area (TPSA) is 54.8 Å². The lowest BCUT2D eigenvalue weighted by Crippen LogP contribution is -2.39. The first kappa shape index (κ1) is 22.8. The Morgan fingerprint density at radius 2 is 1.88 bits per heavy atom. The summed E-state index contributed by atoms with van der Waals surface area (Å²) in [5, 5.41) is 4.34. The summed E-state index contributed by atoms with van der Waals surface area (Å²) in [6.07, 6.45) is 4.97. The Balaban J connectivity index is 1.46. The summed E-state index contributed by atoms with van der Waals surface area (Å²) in [6, 6.07) is 18.4. The molecular weight excluding hydrogens is 446 g/mol. The summed E-state index contributed by atoms with van der Waals surface area (Å²) in [4.78, 5) is 9.48. The Morgan fingerprint density at radius 3 is 2.68 bits per heavy atom. The molecule has 0 radical (unpaired) electrons. The first-order valence-electron chi connectivity index (χ1n) is 11.8. The van der Waals surface area contributed by atoms with Crippen LogP contribution in [-0.2, 0) is 4.74 Å². The normalized spacial score (nSPS) is 21.0. The maximum atomic E-state index is 5.87. The molecule has 8 heteroatoms. The zero-order valence-corrected chi connectivity index (χ0v) is 20.3. The maximum Gasteiger partial charge on any atom is 0.170 e. The third-order valence-electron chi connectivity index (χ3n) is 6.60. The number of hydrogen-bond donors (Lipinski definition) is 1. The van der Waals surface area contributed by atoms with E-state index >= 15 is 0 Å². The van der Waals surface area contributed by atoms with Gasteiger partial charge in [-0.3, -0.25) is 9.88 Å². The fourth-order valence-electron chi connectivity index (χ4n) is 4.94. The number of para-hydroxylation sites is 2. The van der Waals surface area contributed by atoms with Gasteiger partial charge in [0.2, 0.25) is 0 Å². The van der Waals surface area contributed by atoms with Crippen LogP contribution < -0.4 is 10.1 Å². The molecule has 2 saturated heterocycles. The first-order valence-corrected chi connectivity index (χ1v) is 12.3. The number of benzene rings is 1. The predicted molar refractivity (Wildman–Crippen MR) is 136 cm³/mol. The zero-order chi connectivity index (χ0) is 23.3. The quantitative estimate of drug-likeness (QED) is 0.498. The summed E-state index contributed by atoms with van der Waals surface area (Å²) in [7, 11) is 1.71. The smallest absolute Gasteiger partial charge is 0.170 e. The molecule has 2 aliphatic rings. The SMILES string of the molecule is COc1ccccc1-n1cccc1C1C(c2ccccn2)NC(=S)N1CCCN1CCOCC1. The number of hydrogen-bond acceptors (Lipinski definition) is 5. The van der Waals surface area contributed by atoms with Crippen LogP contribution in [0, 0.1) is 0 Å². The fourth-order valence-corrected chi connectivity index (χ4v) is 5.27. The molecule has 0 aliphatic carbocycles. The molecule has 178 valence electrons. The molecule has 34 heavy (non-hydrogen) atoms. The van der Waals surface area contributed by atoms with Gasteiger partial charge in [0.05, 0.1) is 43.8 Å². The lowest BCUT2D eigenvalue weighted by molar-refractivity contribution is 0.0365. The van der Waals surface area contributed by atoms with Crippen LogP contribution in [-0.4, -0.2) is 71.0 Å². The Bertz CT molecular complexity index is 1100. The van der Waals surface area contributed by atoms with E-state index in [1.165, 1.54) is 0 Å². The minimum absolute atomic E-state index is 0.00648. The van der Waals surface area contributed by atoms with E-state index in [4.69, 9.17) is 21.7 Å². The second-order valence-corrected chi connectivity index (χ2v) is 8.99. The van der Waals surface area contributed by atoms with Crippen molar-refractivity contribution in [2.24, 2.45) is 0 Å². The molecule has 1 N–H and O–H groups in total. The van der Waals surface area contributed by atoms with Crippen molar-refractivity contribution in [2.75, 3.05) is 46.5 Å². The van der Waals surface area contributed by atoms with Gasteiger partial charge in [-0.25, -0.2) is 0 Å². The van der Waals surface area contributed by atoms with Gasteiger partial charge in [-0.1, -0.05) is 18.2 Å². The van der Waals surface area contributed by atoms with Gasteiger partial charge < -0.3 is 24.3 Å². The highest BCUT2D eigenvalue weighted by Crippen LogP contribution is 2.40. The molecule has 0 bridgehead atoms. The molecule has 4 heterocycles. The Labute approximate surface area is 206 Å². The van der Waals surface area contributed by atoms with Crippen LogP contribution >= 0.6 is 12.2 Å². The van der Waals surface area contributed by atoms with E-state index in [9.17, 15) is 0 Å². The van der Waals surface area contributed by atoms with Gasteiger partial charge in [-0.2, -0.15) is 0 Å². The van der Waals surface area contributed by atoms with E-state index in [0.29, 0.717) is 0 Å². The molecule has 2 fully saturated rings. The van der Waals surface area contributed by atoms with Gasteiger partial charge >= 0.3 is 0 Å². The highest BCUT2D eigenvalue weighted by atomic mass is 32.1. The van der Waals surface area contributed by atoms with E-state index in [2.05, 4.69) is 55.1 Å². The van der Waals surface area contributed by atoms with Crippen LogP contribution in [0.4, 0.5) is 0 Å². The van der Waals surface area contributed by atoms with Gasteiger partial charge in [0.25, 0.3) is 0 Å². The summed E-state index contributed by atoms with van der Waals surface area (Å²) in [5.74, 6) is 0.835. The third kappa shape index (κ3) is 4.66. The van der Waals surface area contributed by atoms with E-state index in [1.54, 1.807) is 7.11 Å². The second kappa shape index (κ2) is 10.5. The molecule has 1 aromatic carbocycles. The third-order valence-corrected chi connectivity index (χ3v) is 6.96. The molecule has 2 aliphatic heterocycles. The molecule has 0 spiro atoms. The van der Waals surface area contributed by atoms with E-state index in [0.717, 1.165) is 73.8 Å². The second-order valence-electron chi connectivity index (χ2n) is 8.60. The lowest BCUT2D eigenvalue weighted by atomic mass is 10.0. The molecule has 7 nitrogen and oxygen atoms in total. The predicted octanol–water partition coefficient (Wildman–Crippen LogP) is 3.58. The van der Waals surface area contributed by atoms with Crippen LogP contribution in [0.1, 0.15) is 29.9 Å². The number of methoxy groups -OCH3 is 1. The molecule has 0 saturated carbocycles. The molecule has 5 rings (SSSR count). The zero-order valence-electron chi connectivity index (χ0n) is 19.5. The van der Waals surface area contributed by atoms with Crippen molar-refractivity contribution >= 4 is 17.3 Å². The van der Waals surface area contributed by atoms with Gasteiger partial charge in [0.1, 0.15) is 5.75 Å². The Hall–Kier alpha value is -2.94. The molecule has 3 aromatic rings. The van der Waals surface area contributed by atoms with Crippen LogP contribution in [0.25, 0.3) is 5.69 Å². The van der Waals surface area contributed by atoms with Crippen molar-refractivity contribution in [3.8, 4) is 11.4 Å². The monoisotopic (exact) mass is 477 g/mol. The van der Waals surface area contributed by atoms with Crippen molar-refractivity contribution < 1.29 is 9.47 Å². The number of ether oxygens (including phenoxy) is 2. The van der Waals surface area contributed by atoms with E-state index in [1.807, 2.05) is 36.5 Å². The Kier molecular flexibility index (Phi) is 7.08. The van der Waals surface area contributed by atoms with Gasteiger partial charge in [-0.05, 0) is 55.0 Å². The average molecular weight is 478 g/mol. The number of thiocarbonyl (C=S) groups is 1. The highest BCUT2D eigenvalue weighted by molar-refractivity contribution is 7.80. The van der Waals surface area contributed by atoms with Gasteiger partial charge in [0, 0.05) is 44.3 Å². The molecule has 0 amide bonds. The number of rotatable bonds is 8. The summed E-state index contributed by atoms with van der Waals surface area (Å²) in [6.45, 7) is 5.55. The van der Waals surface area contributed by atoms with Gasteiger partial charge in [0.15, 0.2) is 5.11 Å². The lowest BCUT2D eigenvalue weighted by Gasteiger charge is -2.31. The van der Waals surface area contributed by atoms with E-state index in [-0.39, 0.29) is 12.1 Å². The number of pyridine rings is 1. The van der Waals surface area contributed by atoms with Crippen LogP contribution in [0.2, 0.25) is 0 Å². The van der Waals surface area contributed by atoms with Crippen molar-refractivity contribution in [2.45, 2.75) is 18.5 Å². The molecule has 2 unspecified atom stereocenters. The minimum Gasteiger partial charge on any atom is -0.495 e. The number of morpholine rings is 1. The largest absolute Gasteiger partial charge is 0.495 e. The van der Waals surface area contributed by atoms with Crippen LogP contribution in [0.3, 0.4) is 0 Å². The number of nitrogens with zero attached hydrogens (tertiary/aromatic N) is 4. The molecule has 2 atom stereocenters. The fraction of sp³-hybridized carbons (Fsp3) is 0.385. The van der Waals surface area contributed by atoms with Crippen LogP contribution in [0.5, 0.6) is 5.75 Å². The van der Waals surface area contributed by atoms with Crippen molar-refractivity contribution in [1.29, 1.82) is 0 Å². The summed E-state index contributed by atoms with van der Waals surface area (Å²) in [5.41, 5.74) is 3.15. The summed E-state index contributed by atoms with van der Waals surface area (Å²) < 4.78 is 13.4. The summed E-state index contributed by atoms with van der Waals surface area (Å²) >= 11 is 5.87. The van der Waals surface area contributed by atoms with Crippen molar-refractivity contribution in [3.63, 3.8) is 0 Å². The van der Waals surface area contributed by atoms with Crippen molar-refractivity contribution in [3.05, 3.63) is 78.4 Å². The molecule has 2 aromatic heterocycles. The molecular formula is C26H31N5O2S. The van der Waals surface area contributed by atoms with E-state index < -0.39 is 0 Å². The van der Waals surface area contributed by atoms with Crippen LogP contribution in [0.15, 0.2) is 67.0 Å². The minimum atomic E-state index is -0.0413. The standard InChI is InChI=1S/C26H31N5O2S/c1-32-23-11-3-2-9-21(23)30-14-6-10-22(30)25-24(20-8-4-5-12-27-20)28-26(34)31(25)15-7-13-29-16-18-33-19-17-29/h2-6,8-12,14,24-25H,7,13,15-19H2,1H3,(H,28,34). The highest BCUT2D eigenvalue weighted by Gasteiger charge is 2.41. The maximum absolute atomic E-state index is 5.87. The Morgan fingerprint density at radius 1 is 1.06 bits per heavy atom. The first-order chi connectivity index (χ1) is 16.8.